The zero-order chi connectivity index (χ0) is 20.4. The van der Waals surface area contributed by atoms with Crippen LogP contribution in [-0.2, 0) is 18.3 Å². The molecule has 0 amide bonds. The Morgan fingerprint density at radius 2 is 1.93 bits per heavy atom. The number of rotatable bonds is 6. The Morgan fingerprint density at radius 1 is 1.14 bits per heavy atom. The van der Waals surface area contributed by atoms with E-state index in [0.29, 0.717) is 18.1 Å². The van der Waals surface area contributed by atoms with Gasteiger partial charge in [-0.3, -0.25) is 9.78 Å². The molecule has 0 unspecified atom stereocenters. The predicted octanol–water partition coefficient (Wildman–Crippen LogP) is 3.51. The first kappa shape index (κ1) is 19.7. The smallest absolute Gasteiger partial charge is 0.142 e. The Morgan fingerprint density at radius 3 is 2.62 bits per heavy atom. The molecule has 1 aliphatic heterocycles. The summed E-state index contributed by atoms with van der Waals surface area (Å²) in [5.74, 6) is 1.17. The van der Waals surface area contributed by atoms with Gasteiger partial charge in [-0.1, -0.05) is 31.2 Å². The highest BCUT2D eigenvalue weighted by Gasteiger charge is 2.25. The molecule has 6 nitrogen and oxygen atoms in total. The largest absolute Gasteiger partial charge is 0.303 e. The van der Waals surface area contributed by atoms with Crippen LogP contribution in [0.3, 0.4) is 0 Å². The molecular formula is C23H29N5O. The Kier molecular flexibility index (Phi) is 5.72. The third-order valence-electron chi connectivity index (χ3n) is 5.81. The normalized spacial score (nSPS) is 16.0. The number of benzene rings is 1. The van der Waals surface area contributed by atoms with Gasteiger partial charge in [-0.25, -0.2) is 4.68 Å². The number of carbonyl (C=O) groups is 1. The van der Waals surface area contributed by atoms with E-state index in [-0.39, 0.29) is 5.92 Å². The van der Waals surface area contributed by atoms with E-state index in [0.717, 1.165) is 60.2 Å². The highest BCUT2D eigenvalue weighted by molar-refractivity contribution is 5.88. The molecule has 0 bridgehead atoms. The van der Waals surface area contributed by atoms with Crippen molar-refractivity contribution in [1.29, 1.82) is 0 Å². The van der Waals surface area contributed by atoms with E-state index < -0.39 is 0 Å². The van der Waals surface area contributed by atoms with Crippen LogP contribution in [0, 0.1) is 11.8 Å². The number of hydrogen-bond donors (Lipinski definition) is 0. The fraction of sp³-hybridized carbons (Fsp3) is 0.478. The molecule has 2 aromatic heterocycles. The van der Waals surface area contributed by atoms with Crippen LogP contribution in [0.1, 0.15) is 32.4 Å². The minimum Gasteiger partial charge on any atom is -0.303 e. The van der Waals surface area contributed by atoms with E-state index >= 15 is 0 Å². The number of aryl methyl sites for hydroxylation is 1. The standard InChI is InChI=1S/C23H29N5O/c1-16(2)15-28-8-6-17(7-9-28)23(29)12-21-11-20-10-18(4-5-19(20)13-24-21)22-14-25-26-27(22)3/h4-5,10-11,13-14,16-17H,6-9,12,15H2,1-3H3. The van der Waals surface area contributed by atoms with Crippen molar-refractivity contribution in [1.82, 2.24) is 24.9 Å². The number of piperidine rings is 1. The molecule has 29 heavy (non-hydrogen) atoms. The number of Topliss-reactive ketones (excluding diaryl/α,β-unsaturated/α-hetero) is 1. The maximum Gasteiger partial charge on any atom is 0.142 e. The van der Waals surface area contributed by atoms with Gasteiger partial charge in [0.15, 0.2) is 0 Å². The first-order chi connectivity index (χ1) is 14.0. The topological polar surface area (TPSA) is 63.9 Å². The molecule has 0 spiro atoms. The Hall–Kier alpha value is -2.60. The molecule has 0 saturated carbocycles. The number of pyridine rings is 1. The second-order valence-corrected chi connectivity index (χ2v) is 8.59. The highest BCUT2D eigenvalue weighted by Crippen LogP contribution is 2.25. The first-order valence-electron chi connectivity index (χ1n) is 10.5. The van der Waals surface area contributed by atoms with Crippen molar-refractivity contribution in [2.24, 2.45) is 18.9 Å². The van der Waals surface area contributed by atoms with Gasteiger partial charge in [0.05, 0.1) is 11.9 Å². The lowest BCUT2D eigenvalue weighted by atomic mass is 9.89. The van der Waals surface area contributed by atoms with Crippen molar-refractivity contribution in [2.75, 3.05) is 19.6 Å². The molecule has 0 atom stereocenters. The van der Waals surface area contributed by atoms with Crippen LogP contribution in [0.4, 0.5) is 0 Å². The van der Waals surface area contributed by atoms with E-state index in [4.69, 9.17) is 0 Å². The zero-order valence-corrected chi connectivity index (χ0v) is 17.5. The quantitative estimate of drug-likeness (QED) is 0.643. The van der Waals surface area contributed by atoms with Crippen molar-refractivity contribution in [3.05, 3.63) is 42.4 Å². The van der Waals surface area contributed by atoms with E-state index in [1.807, 2.05) is 13.2 Å². The van der Waals surface area contributed by atoms with E-state index in [2.05, 4.69) is 58.3 Å². The average Bonchev–Trinajstić information content (AvgIpc) is 3.13. The number of nitrogens with zero attached hydrogens (tertiary/aromatic N) is 5. The molecule has 152 valence electrons. The van der Waals surface area contributed by atoms with Crippen LogP contribution in [0.15, 0.2) is 36.7 Å². The Balaban J connectivity index is 1.45. The summed E-state index contributed by atoms with van der Waals surface area (Å²) in [5.41, 5.74) is 2.88. The third-order valence-corrected chi connectivity index (χ3v) is 5.81. The van der Waals surface area contributed by atoms with E-state index in [1.54, 1.807) is 10.9 Å². The summed E-state index contributed by atoms with van der Waals surface area (Å²) in [4.78, 5) is 19.9. The summed E-state index contributed by atoms with van der Waals surface area (Å²) < 4.78 is 1.76. The number of carbonyl (C=O) groups excluding carboxylic acids is 1. The van der Waals surface area contributed by atoms with Crippen molar-refractivity contribution >= 4 is 16.6 Å². The summed E-state index contributed by atoms with van der Waals surface area (Å²) >= 11 is 0. The Bertz CT molecular complexity index is 1000. The number of fused-ring (bicyclic) bond motifs is 1. The van der Waals surface area contributed by atoms with Gasteiger partial charge in [0.25, 0.3) is 0 Å². The lowest BCUT2D eigenvalue weighted by molar-refractivity contribution is -0.123. The second-order valence-electron chi connectivity index (χ2n) is 8.59. The first-order valence-corrected chi connectivity index (χ1v) is 10.5. The van der Waals surface area contributed by atoms with Gasteiger partial charge in [-0.15, -0.1) is 5.10 Å². The number of hydrogen-bond acceptors (Lipinski definition) is 5. The van der Waals surface area contributed by atoms with Crippen molar-refractivity contribution in [3.8, 4) is 11.3 Å². The fourth-order valence-corrected chi connectivity index (χ4v) is 4.27. The van der Waals surface area contributed by atoms with Gasteiger partial charge in [-0.05, 0) is 49.4 Å². The fourth-order valence-electron chi connectivity index (χ4n) is 4.27. The number of aromatic nitrogens is 4. The molecule has 1 saturated heterocycles. The lowest BCUT2D eigenvalue weighted by Crippen LogP contribution is -2.38. The summed E-state index contributed by atoms with van der Waals surface area (Å²) in [6.45, 7) is 7.68. The van der Waals surface area contributed by atoms with Crippen molar-refractivity contribution in [2.45, 2.75) is 33.1 Å². The lowest BCUT2D eigenvalue weighted by Gasteiger charge is -2.32. The SMILES string of the molecule is CC(C)CN1CCC(C(=O)Cc2cc3cc(-c4cnnn4C)ccc3cn2)CC1. The van der Waals surface area contributed by atoms with Crippen molar-refractivity contribution < 1.29 is 4.79 Å². The molecule has 3 aromatic rings. The molecule has 0 radical (unpaired) electrons. The molecule has 3 heterocycles. The monoisotopic (exact) mass is 391 g/mol. The van der Waals surface area contributed by atoms with Crippen LogP contribution < -0.4 is 0 Å². The van der Waals surface area contributed by atoms with E-state index in [9.17, 15) is 4.79 Å². The van der Waals surface area contributed by atoms with Gasteiger partial charge in [0.1, 0.15) is 5.78 Å². The molecule has 0 N–H and O–H groups in total. The summed E-state index contributed by atoms with van der Waals surface area (Å²) in [6, 6.07) is 8.28. The van der Waals surface area contributed by atoms with Gasteiger partial charge >= 0.3 is 0 Å². The molecule has 1 aliphatic rings. The van der Waals surface area contributed by atoms with Gasteiger partial charge in [-0.2, -0.15) is 0 Å². The minimum absolute atomic E-state index is 0.169. The maximum atomic E-state index is 12.9. The molecule has 0 aliphatic carbocycles. The molecule has 1 fully saturated rings. The molecular weight excluding hydrogens is 362 g/mol. The van der Waals surface area contributed by atoms with Gasteiger partial charge in [0, 0.05) is 48.8 Å². The zero-order valence-electron chi connectivity index (χ0n) is 17.5. The molecule has 1 aromatic carbocycles. The van der Waals surface area contributed by atoms with Crippen LogP contribution in [0.5, 0.6) is 0 Å². The van der Waals surface area contributed by atoms with E-state index in [1.165, 1.54) is 0 Å². The molecule has 4 rings (SSSR count). The maximum absolute atomic E-state index is 12.9. The van der Waals surface area contributed by atoms with Crippen LogP contribution in [0.25, 0.3) is 22.0 Å². The average molecular weight is 392 g/mol. The van der Waals surface area contributed by atoms with Crippen LogP contribution in [-0.4, -0.2) is 50.3 Å². The summed E-state index contributed by atoms with van der Waals surface area (Å²) in [6.07, 6.45) is 5.99. The second kappa shape index (κ2) is 8.41. The highest BCUT2D eigenvalue weighted by atomic mass is 16.1. The Labute approximate surface area is 171 Å². The molecule has 6 heteroatoms. The predicted molar refractivity (Wildman–Crippen MR) is 114 cm³/mol. The third kappa shape index (κ3) is 4.53. The van der Waals surface area contributed by atoms with Crippen LogP contribution >= 0.6 is 0 Å². The van der Waals surface area contributed by atoms with Gasteiger partial charge < -0.3 is 4.90 Å². The number of likely N-dealkylation sites (tertiary alicyclic amines) is 1. The summed E-state index contributed by atoms with van der Waals surface area (Å²) in [7, 11) is 1.88. The van der Waals surface area contributed by atoms with Crippen LogP contribution in [0.2, 0.25) is 0 Å². The summed E-state index contributed by atoms with van der Waals surface area (Å²) in [5, 5.41) is 10.1. The van der Waals surface area contributed by atoms with Crippen molar-refractivity contribution in [3.63, 3.8) is 0 Å². The van der Waals surface area contributed by atoms with Gasteiger partial charge in [0.2, 0.25) is 0 Å². The minimum atomic E-state index is 0.169. The number of ketones is 1.